The molecule has 0 aliphatic rings. The van der Waals surface area contributed by atoms with Crippen LogP contribution in [0, 0.1) is 5.82 Å². The lowest BCUT2D eigenvalue weighted by atomic mass is 10.2. The van der Waals surface area contributed by atoms with E-state index in [1.165, 1.54) is 47.8 Å². The molecular formula is C23H31FN2O6S2. The Bertz CT molecular complexity index is 1190. The molecule has 0 saturated heterocycles. The molecule has 188 valence electrons. The monoisotopic (exact) mass is 514 g/mol. The van der Waals surface area contributed by atoms with E-state index >= 15 is 0 Å². The summed E-state index contributed by atoms with van der Waals surface area (Å²) in [5, 5.41) is 0. The van der Waals surface area contributed by atoms with Gasteiger partial charge in [0.1, 0.15) is 0 Å². The number of ether oxygens (including phenoxy) is 1. The number of nitrogens with zero attached hydrogens (tertiary/aromatic N) is 2. The van der Waals surface area contributed by atoms with Crippen molar-refractivity contribution in [3.05, 3.63) is 53.8 Å². The Labute approximate surface area is 201 Å². The van der Waals surface area contributed by atoms with E-state index < -0.39 is 31.8 Å². The molecular weight excluding hydrogens is 483 g/mol. The van der Waals surface area contributed by atoms with Crippen molar-refractivity contribution in [1.29, 1.82) is 0 Å². The highest BCUT2D eigenvalue weighted by molar-refractivity contribution is 7.93. The second-order valence-electron chi connectivity index (χ2n) is 7.63. The Morgan fingerprint density at radius 1 is 0.912 bits per heavy atom. The Balaban J connectivity index is 2.49. The van der Waals surface area contributed by atoms with Crippen molar-refractivity contribution in [2.24, 2.45) is 0 Å². The minimum absolute atomic E-state index is 0.00408. The van der Waals surface area contributed by atoms with Crippen molar-refractivity contribution in [2.75, 3.05) is 30.3 Å². The quantitative estimate of drug-likeness (QED) is 0.424. The van der Waals surface area contributed by atoms with Crippen LogP contribution in [0.1, 0.15) is 50.4 Å². The highest BCUT2D eigenvalue weighted by atomic mass is 32.2. The maximum atomic E-state index is 14.3. The number of carbonyl (C=O) groups is 1. The molecule has 2 aromatic carbocycles. The zero-order valence-corrected chi connectivity index (χ0v) is 21.5. The first-order chi connectivity index (χ1) is 16.0. The largest absolute Gasteiger partial charge is 0.494 e. The molecule has 0 atom stereocenters. The van der Waals surface area contributed by atoms with E-state index in [1.54, 1.807) is 6.92 Å². The van der Waals surface area contributed by atoms with Crippen LogP contribution in [-0.4, -0.2) is 53.0 Å². The maximum absolute atomic E-state index is 14.3. The van der Waals surface area contributed by atoms with Gasteiger partial charge in [0, 0.05) is 24.7 Å². The lowest BCUT2D eigenvalue weighted by molar-refractivity contribution is 0.100. The molecule has 11 heteroatoms. The molecule has 0 aliphatic carbocycles. The first kappa shape index (κ1) is 27.7. The fraction of sp³-hybridized carbons (Fsp3) is 0.435. The van der Waals surface area contributed by atoms with Crippen molar-refractivity contribution < 1.29 is 30.8 Å². The molecule has 0 heterocycles. The first-order valence-corrected chi connectivity index (χ1v) is 14.1. The first-order valence-electron chi connectivity index (χ1n) is 11.0. The van der Waals surface area contributed by atoms with Gasteiger partial charge in [-0.25, -0.2) is 25.5 Å². The smallest absolute Gasteiger partial charge is 0.272 e. The highest BCUT2D eigenvalue weighted by Crippen LogP contribution is 2.28. The summed E-state index contributed by atoms with van der Waals surface area (Å²) in [4.78, 5) is 13.3. The van der Waals surface area contributed by atoms with Crippen molar-refractivity contribution >= 4 is 31.6 Å². The van der Waals surface area contributed by atoms with Gasteiger partial charge in [-0.15, -0.1) is 0 Å². The predicted octanol–water partition coefficient (Wildman–Crippen LogP) is 4.03. The molecule has 1 amide bonds. The Morgan fingerprint density at radius 3 is 1.97 bits per heavy atom. The van der Waals surface area contributed by atoms with Gasteiger partial charge in [0.25, 0.3) is 5.91 Å². The molecule has 2 aromatic rings. The summed E-state index contributed by atoms with van der Waals surface area (Å²) in [6.07, 6.45) is 1.55. The van der Waals surface area contributed by atoms with Gasteiger partial charge in [-0.05, 0) is 55.7 Å². The molecule has 0 spiro atoms. The van der Waals surface area contributed by atoms with Crippen LogP contribution in [0.15, 0.2) is 47.4 Å². The molecule has 0 aromatic heterocycles. The second-order valence-corrected chi connectivity index (χ2v) is 11.5. The Morgan fingerprint density at radius 2 is 1.50 bits per heavy atom. The minimum atomic E-state index is -4.13. The summed E-state index contributed by atoms with van der Waals surface area (Å²) in [7, 11) is -6.62. The van der Waals surface area contributed by atoms with E-state index in [-0.39, 0.29) is 34.1 Å². The van der Waals surface area contributed by atoms with E-state index in [1.807, 2.05) is 13.8 Å². The van der Waals surface area contributed by atoms with Gasteiger partial charge < -0.3 is 4.74 Å². The number of amides is 1. The summed E-state index contributed by atoms with van der Waals surface area (Å²) in [6.45, 7) is 6.14. The summed E-state index contributed by atoms with van der Waals surface area (Å²) < 4.78 is 72.9. The summed E-state index contributed by atoms with van der Waals surface area (Å²) in [5.41, 5.74) is -0.224. The molecule has 8 nitrogen and oxygen atoms in total. The van der Waals surface area contributed by atoms with E-state index in [0.717, 1.165) is 6.07 Å². The normalized spacial score (nSPS) is 12.1. The zero-order chi connectivity index (χ0) is 25.5. The summed E-state index contributed by atoms with van der Waals surface area (Å²) >= 11 is 0. The fourth-order valence-electron chi connectivity index (χ4n) is 3.42. The lowest BCUT2D eigenvalue weighted by Crippen LogP contribution is -2.38. The molecule has 0 radical (unpaired) electrons. The van der Waals surface area contributed by atoms with E-state index in [2.05, 4.69) is 0 Å². The number of anilines is 1. The van der Waals surface area contributed by atoms with E-state index in [4.69, 9.17) is 4.74 Å². The summed E-state index contributed by atoms with van der Waals surface area (Å²) in [6, 6.07) is 8.51. The molecule has 34 heavy (non-hydrogen) atoms. The zero-order valence-electron chi connectivity index (χ0n) is 19.8. The van der Waals surface area contributed by atoms with E-state index in [9.17, 15) is 26.0 Å². The SMILES string of the molecule is CCCN(CCC)S(=O)(=O)c1ccc(C(=O)N(c2ccc(OC)c(F)c2)S(=O)(=O)CCC)cc1. The van der Waals surface area contributed by atoms with Crippen LogP contribution in [0.25, 0.3) is 0 Å². The number of benzene rings is 2. The van der Waals surface area contributed by atoms with Crippen molar-refractivity contribution in [2.45, 2.75) is 44.9 Å². The molecule has 0 N–H and O–H groups in total. The predicted molar refractivity (Wildman–Crippen MR) is 130 cm³/mol. The maximum Gasteiger partial charge on any atom is 0.272 e. The van der Waals surface area contributed by atoms with Gasteiger partial charge in [-0.1, -0.05) is 20.8 Å². The molecule has 2 rings (SSSR count). The third-order valence-corrected chi connectivity index (χ3v) is 8.75. The third-order valence-electron chi connectivity index (χ3n) is 4.98. The lowest BCUT2D eigenvalue weighted by Gasteiger charge is -2.23. The van der Waals surface area contributed by atoms with Crippen LogP contribution in [0.2, 0.25) is 0 Å². The van der Waals surface area contributed by atoms with Gasteiger partial charge in [-0.2, -0.15) is 4.31 Å². The average Bonchev–Trinajstić information content (AvgIpc) is 2.79. The average molecular weight is 515 g/mol. The number of hydrogen-bond donors (Lipinski definition) is 0. The van der Waals surface area contributed by atoms with Gasteiger partial charge in [0.05, 0.1) is 23.4 Å². The van der Waals surface area contributed by atoms with Gasteiger partial charge in [0.2, 0.25) is 20.0 Å². The standard InChI is InChI=1S/C23H31FN2O6S2/c1-5-14-25(15-6-2)34(30,31)20-11-8-18(9-12-20)23(27)26(33(28,29)16-7-3)19-10-13-22(32-4)21(24)17-19/h8-13,17H,5-7,14-16H2,1-4H3. The highest BCUT2D eigenvalue weighted by Gasteiger charge is 2.31. The van der Waals surface area contributed by atoms with E-state index in [0.29, 0.717) is 30.2 Å². The minimum Gasteiger partial charge on any atom is -0.494 e. The summed E-state index contributed by atoms with van der Waals surface area (Å²) in [5.74, 6) is -2.16. The molecule has 0 aliphatic heterocycles. The molecule has 0 fully saturated rings. The Hall–Kier alpha value is -2.50. The number of sulfonamides is 2. The third kappa shape index (κ3) is 6.13. The van der Waals surface area contributed by atoms with Crippen LogP contribution in [0.5, 0.6) is 5.75 Å². The molecule has 0 unspecified atom stereocenters. The number of hydrogen-bond acceptors (Lipinski definition) is 6. The second kappa shape index (κ2) is 11.8. The van der Waals surface area contributed by atoms with Gasteiger partial charge in [-0.3, -0.25) is 4.79 Å². The van der Waals surface area contributed by atoms with Gasteiger partial charge >= 0.3 is 0 Å². The number of rotatable bonds is 12. The number of halogens is 1. The number of carbonyl (C=O) groups excluding carboxylic acids is 1. The van der Waals surface area contributed by atoms with Crippen LogP contribution < -0.4 is 9.04 Å². The molecule has 0 saturated carbocycles. The molecule has 0 bridgehead atoms. The topological polar surface area (TPSA) is 101 Å². The van der Waals surface area contributed by atoms with Crippen LogP contribution in [-0.2, 0) is 20.0 Å². The van der Waals surface area contributed by atoms with Crippen LogP contribution in [0.4, 0.5) is 10.1 Å². The fourth-order valence-corrected chi connectivity index (χ4v) is 6.54. The number of methoxy groups -OCH3 is 1. The van der Waals surface area contributed by atoms with Crippen LogP contribution >= 0.6 is 0 Å². The van der Waals surface area contributed by atoms with Crippen molar-refractivity contribution in [3.8, 4) is 5.75 Å². The van der Waals surface area contributed by atoms with Crippen molar-refractivity contribution in [3.63, 3.8) is 0 Å². The van der Waals surface area contributed by atoms with Crippen LogP contribution in [0.3, 0.4) is 0 Å². The van der Waals surface area contributed by atoms with Gasteiger partial charge in [0.15, 0.2) is 11.6 Å². The Kier molecular flexibility index (Phi) is 9.60. The van der Waals surface area contributed by atoms with Crippen molar-refractivity contribution in [1.82, 2.24) is 4.31 Å².